The molecule has 25 heavy (non-hydrogen) atoms. The molecule has 0 aliphatic rings. The van der Waals surface area contributed by atoms with Gasteiger partial charge in [0.15, 0.2) is 0 Å². The molecule has 0 aliphatic heterocycles. The molecule has 3 rings (SSSR count). The number of nitrogens with one attached hydrogen (secondary N) is 2. The van der Waals surface area contributed by atoms with Gasteiger partial charge in [-0.2, -0.15) is 0 Å². The van der Waals surface area contributed by atoms with E-state index in [1.807, 2.05) is 6.07 Å². The number of para-hydroxylation sites is 2. The quantitative estimate of drug-likeness (QED) is 0.698. The Kier molecular flexibility index (Phi) is 5.17. The molecule has 0 fully saturated rings. The Morgan fingerprint density at radius 2 is 1.64 bits per heavy atom. The molecule has 3 amide bonds. The van der Waals surface area contributed by atoms with Crippen LogP contribution >= 0.6 is 11.5 Å². The number of rotatable bonds is 3. The second-order valence-corrected chi connectivity index (χ2v) is 5.50. The molecule has 3 aromatic rings. The number of carbonyl (C=O) groups is 2. The van der Waals surface area contributed by atoms with E-state index in [-0.39, 0.29) is 0 Å². The van der Waals surface area contributed by atoms with E-state index in [1.54, 1.807) is 54.6 Å². The molecule has 0 bridgehead atoms. The van der Waals surface area contributed by atoms with Crippen LogP contribution in [-0.2, 0) is 4.84 Å². The Hall–Kier alpha value is -3.46. The third kappa shape index (κ3) is 4.52. The van der Waals surface area contributed by atoms with E-state index in [4.69, 9.17) is 4.84 Å². The van der Waals surface area contributed by atoms with Crippen molar-refractivity contribution in [2.24, 2.45) is 0 Å². The number of hydrogen-bond acceptors (Lipinski definition) is 6. The highest BCUT2D eigenvalue weighted by molar-refractivity contribution is 7.10. The van der Waals surface area contributed by atoms with E-state index in [0.717, 1.165) is 16.6 Å². The van der Waals surface area contributed by atoms with E-state index in [2.05, 4.69) is 20.2 Å². The Labute approximate surface area is 147 Å². The average Bonchev–Trinajstić information content (AvgIpc) is 3.14. The summed E-state index contributed by atoms with van der Waals surface area (Å²) in [6.45, 7) is 0. The zero-order valence-electron chi connectivity index (χ0n) is 12.8. The maximum absolute atomic E-state index is 12.5. The fraction of sp³-hybridized carbons (Fsp3) is 0. The van der Waals surface area contributed by atoms with Crippen molar-refractivity contribution in [3.05, 3.63) is 66.9 Å². The van der Waals surface area contributed by atoms with Crippen LogP contribution in [0.15, 0.2) is 66.9 Å². The van der Waals surface area contributed by atoms with Crippen LogP contribution in [0.2, 0.25) is 0 Å². The van der Waals surface area contributed by atoms with Gasteiger partial charge in [0.25, 0.3) is 0 Å². The van der Waals surface area contributed by atoms with Crippen molar-refractivity contribution in [3.63, 3.8) is 0 Å². The lowest BCUT2D eigenvalue weighted by atomic mass is 10.3. The molecule has 0 radical (unpaired) electrons. The maximum atomic E-state index is 12.5. The lowest BCUT2D eigenvalue weighted by Gasteiger charge is -2.21. The molecule has 0 aliphatic carbocycles. The van der Waals surface area contributed by atoms with Gasteiger partial charge in [0.05, 0.1) is 11.9 Å². The summed E-state index contributed by atoms with van der Waals surface area (Å²) in [6, 6.07) is 16.6. The van der Waals surface area contributed by atoms with Gasteiger partial charge < -0.3 is 4.84 Å². The first-order chi connectivity index (χ1) is 12.2. The highest BCUT2D eigenvalue weighted by Gasteiger charge is 2.22. The molecule has 1 aromatic heterocycles. The number of aromatic nitrogens is 2. The highest BCUT2D eigenvalue weighted by Crippen LogP contribution is 2.18. The first-order valence-electron chi connectivity index (χ1n) is 7.20. The monoisotopic (exact) mass is 355 g/mol. The van der Waals surface area contributed by atoms with Crippen molar-refractivity contribution in [1.82, 2.24) is 9.59 Å². The standard InChI is InChI=1S/C16H13N5O3S/c22-15(19-14-11-17-20-25-14)21(13-9-5-2-6-10-13)24-16(23)18-12-7-3-1-4-8-12/h1-11H,(H,18,23)(H,19,22). The predicted molar refractivity (Wildman–Crippen MR) is 94.4 cm³/mol. The second-order valence-electron chi connectivity index (χ2n) is 4.71. The number of hydroxylamine groups is 1. The number of benzene rings is 2. The van der Waals surface area contributed by atoms with Crippen molar-refractivity contribution < 1.29 is 14.4 Å². The van der Waals surface area contributed by atoms with E-state index >= 15 is 0 Å². The molecule has 0 unspecified atom stereocenters. The molecule has 126 valence electrons. The van der Waals surface area contributed by atoms with Crippen LogP contribution in [-0.4, -0.2) is 21.7 Å². The third-order valence-electron chi connectivity index (χ3n) is 2.96. The first-order valence-corrected chi connectivity index (χ1v) is 7.97. The van der Waals surface area contributed by atoms with Gasteiger partial charge in [0.2, 0.25) is 0 Å². The van der Waals surface area contributed by atoms with Crippen molar-refractivity contribution >= 4 is 40.0 Å². The van der Waals surface area contributed by atoms with Crippen LogP contribution in [0.4, 0.5) is 26.0 Å². The van der Waals surface area contributed by atoms with Gasteiger partial charge in [0.1, 0.15) is 5.00 Å². The van der Waals surface area contributed by atoms with Gasteiger partial charge >= 0.3 is 12.1 Å². The maximum Gasteiger partial charge on any atom is 0.436 e. The third-order valence-corrected chi connectivity index (χ3v) is 3.54. The number of amides is 3. The largest absolute Gasteiger partial charge is 0.436 e. The molecule has 2 aromatic carbocycles. The minimum atomic E-state index is -0.798. The average molecular weight is 355 g/mol. The van der Waals surface area contributed by atoms with Crippen molar-refractivity contribution in [3.8, 4) is 0 Å². The van der Waals surface area contributed by atoms with Crippen molar-refractivity contribution in [1.29, 1.82) is 0 Å². The summed E-state index contributed by atoms with van der Waals surface area (Å²) in [5, 5.41) is 10.0. The molecule has 2 N–H and O–H groups in total. The number of urea groups is 1. The molecule has 0 saturated carbocycles. The molecular formula is C16H13N5O3S. The molecule has 0 atom stereocenters. The van der Waals surface area contributed by atoms with E-state index in [0.29, 0.717) is 16.4 Å². The number of carbonyl (C=O) groups excluding carboxylic acids is 2. The second kappa shape index (κ2) is 7.88. The van der Waals surface area contributed by atoms with Crippen LogP contribution in [0.5, 0.6) is 0 Å². The van der Waals surface area contributed by atoms with Crippen LogP contribution in [0, 0.1) is 0 Å². The van der Waals surface area contributed by atoms with E-state index in [1.165, 1.54) is 6.20 Å². The molecule has 0 spiro atoms. The summed E-state index contributed by atoms with van der Waals surface area (Å²) in [5.74, 6) is 0. The lowest BCUT2D eigenvalue weighted by molar-refractivity contribution is 0.151. The number of nitrogens with zero attached hydrogens (tertiary/aromatic N) is 3. The zero-order chi connectivity index (χ0) is 17.5. The lowest BCUT2D eigenvalue weighted by Crippen LogP contribution is -2.38. The molecule has 0 saturated heterocycles. The first kappa shape index (κ1) is 16.4. The Bertz CT molecular complexity index is 828. The zero-order valence-corrected chi connectivity index (χ0v) is 13.6. The summed E-state index contributed by atoms with van der Waals surface area (Å²) in [5.41, 5.74) is 0.938. The highest BCUT2D eigenvalue weighted by atomic mass is 32.1. The van der Waals surface area contributed by atoms with Crippen LogP contribution in [0.3, 0.4) is 0 Å². The van der Waals surface area contributed by atoms with Gasteiger partial charge in [-0.25, -0.2) is 9.59 Å². The number of anilines is 3. The minimum Gasteiger partial charge on any atom is -0.312 e. The van der Waals surface area contributed by atoms with Crippen LogP contribution in [0.25, 0.3) is 0 Å². The van der Waals surface area contributed by atoms with Gasteiger partial charge in [-0.15, -0.1) is 10.2 Å². The molecular weight excluding hydrogens is 342 g/mol. The van der Waals surface area contributed by atoms with Crippen LogP contribution in [0.1, 0.15) is 0 Å². The smallest absolute Gasteiger partial charge is 0.312 e. The fourth-order valence-corrected chi connectivity index (χ4v) is 2.31. The normalized spacial score (nSPS) is 9.92. The molecule has 9 heteroatoms. The number of hydrogen-bond donors (Lipinski definition) is 2. The topological polar surface area (TPSA) is 96.5 Å². The van der Waals surface area contributed by atoms with E-state index in [9.17, 15) is 9.59 Å². The predicted octanol–water partition coefficient (Wildman–Crippen LogP) is 3.74. The SMILES string of the molecule is O=C(Nc1ccccc1)ON(C(=O)Nc1cnns1)c1ccccc1. The van der Waals surface area contributed by atoms with E-state index < -0.39 is 12.1 Å². The fourth-order valence-electron chi connectivity index (χ4n) is 1.90. The van der Waals surface area contributed by atoms with Crippen molar-refractivity contribution in [2.75, 3.05) is 15.7 Å². The Morgan fingerprint density at radius 3 is 2.28 bits per heavy atom. The summed E-state index contributed by atoms with van der Waals surface area (Å²) < 4.78 is 3.66. The molecule has 1 heterocycles. The Balaban J connectivity index is 1.74. The van der Waals surface area contributed by atoms with Gasteiger partial charge in [-0.1, -0.05) is 40.9 Å². The molecule has 8 nitrogen and oxygen atoms in total. The van der Waals surface area contributed by atoms with Crippen molar-refractivity contribution in [2.45, 2.75) is 0 Å². The minimum absolute atomic E-state index is 0.390. The van der Waals surface area contributed by atoms with Crippen LogP contribution < -0.4 is 15.7 Å². The van der Waals surface area contributed by atoms with Gasteiger partial charge in [0, 0.05) is 17.2 Å². The van der Waals surface area contributed by atoms with Gasteiger partial charge in [-0.05, 0) is 24.3 Å². The van der Waals surface area contributed by atoms with Gasteiger partial charge in [-0.3, -0.25) is 10.6 Å². The summed E-state index contributed by atoms with van der Waals surface area (Å²) in [7, 11) is 0. The summed E-state index contributed by atoms with van der Waals surface area (Å²) in [4.78, 5) is 29.8. The summed E-state index contributed by atoms with van der Waals surface area (Å²) >= 11 is 1.01. The summed E-state index contributed by atoms with van der Waals surface area (Å²) in [6.07, 6.45) is 0.600. The Morgan fingerprint density at radius 1 is 0.960 bits per heavy atom.